The highest BCUT2D eigenvalue weighted by Crippen LogP contribution is 2.18. The minimum Gasteiger partial charge on any atom is -0.476 e. The number of aliphatic hydroxyl groups excluding tert-OH is 1. The van der Waals surface area contributed by atoms with Crippen LogP contribution >= 0.6 is 0 Å². The van der Waals surface area contributed by atoms with Crippen LogP contribution in [0.5, 0.6) is 0 Å². The van der Waals surface area contributed by atoms with Gasteiger partial charge in [0.1, 0.15) is 5.69 Å². The van der Waals surface area contributed by atoms with E-state index in [1.165, 1.54) is 18.3 Å². The maximum absolute atomic E-state index is 13.7. The molecule has 0 radical (unpaired) electrons. The molecule has 0 aliphatic heterocycles. The number of halogens is 2. The summed E-state index contributed by atoms with van der Waals surface area (Å²) in [6.45, 7) is -0.0986. The fourth-order valence-electron chi connectivity index (χ4n) is 1.83. The van der Waals surface area contributed by atoms with Gasteiger partial charge in [-0.15, -0.1) is 0 Å². The molecule has 1 heterocycles. The van der Waals surface area contributed by atoms with Crippen molar-refractivity contribution in [2.75, 3.05) is 6.61 Å². The Morgan fingerprint density at radius 2 is 2.10 bits per heavy atom. The SMILES string of the molecule is O=C(O)c1nn(-c2cccc(F)c2F)cc1CCCO. The third kappa shape index (κ3) is 2.67. The van der Waals surface area contributed by atoms with Crippen LogP contribution in [0, 0.1) is 11.6 Å². The van der Waals surface area contributed by atoms with Gasteiger partial charge in [-0.25, -0.2) is 18.3 Å². The highest BCUT2D eigenvalue weighted by atomic mass is 19.2. The summed E-state index contributed by atoms with van der Waals surface area (Å²) < 4.78 is 27.8. The standard InChI is InChI=1S/C13H12F2N2O3/c14-9-4-1-5-10(11(9)15)17-7-8(3-2-6-18)12(16-17)13(19)20/h1,4-5,7,18H,2-3,6H2,(H,19,20). The lowest BCUT2D eigenvalue weighted by molar-refractivity contribution is 0.0688. The van der Waals surface area contributed by atoms with Gasteiger partial charge in [-0.2, -0.15) is 5.10 Å². The molecule has 0 saturated heterocycles. The summed E-state index contributed by atoms with van der Waals surface area (Å²) >= 11 is 0. The topological polar surface area (TPSA) is 75.3 Å². The zero-order valence-electron chi connectivity index (χ0n) is 10.4. The van der Waals surface area contributed by atoms with Crippen LogP contribution in [0.1, 0.15) is 22.5 Å². The van der Waals surface area contributed by atoms with Crippen LogP contribution in [-0.4, -0.2) is 32.6 Å². The Bertz CT molecular complexity index is 641. The summed E-state index contributed by atoms with van der Waals surface area (Å²) in [5.74, 6) is -3.39. The van der Waals surface area contributed by atoms with Crippen molar-refractivity contribution in [3.63, 3.8) is 0 Å². The first-order chi connectivity index (χ1) is 9.54. The van der Waals surface area contributed by atoms with Gasteiger partial charge in [0.25, 0.3) is 0 Å². The Balaban J connectivity index is 2.47. The Morgan fingerprint density at radius 1 is 1.35 bits per heavy atom. The first-order valence-corrected chi connectivity index (χ1v) is 5.91. The lowest BCUT2D eigenvalue weighted by Gasteiger charge is -2.02. The second kappa shape index (κ2) is 5.79. The lowest BCUT2D eigenvalue weighted by Crippen LogP contribution is -2.04. The highest BCUT2D eigenvalue weighted by Gasteiger charge is 2.18. The molecule has 0 aliphatic rings. The predicted molar refractivity (Wildman–Crippen MR) is 65.8 cm³/mol. The molecule has 2 N–H and O–H groups in total. The van der Waals surface area contributed by atoms with Gasteiger partial charge in [-0.05, 0) is 25.0 Å². The van der Waals surface area contributed by atoms with Gasteiger partial charge in [-0.1, -0.05) is 6.07 Å². The largest absolute Gasteiger partial charge is 0.476 e. The number of nitrogens with zero attached hydrogens (tertiary/aromatic N) is 2. The van der Waals surface area contributed by atoms with Crippen LogP contribution in [0.15, 0.2) is 24.4 Å². The molecule has 0 amide bonds. The number of carboxylic acids is 1. The highest BCUT2D eigenvalue weighted by molar-refractivity contribution is 5.87. The summed E-state index contributed by atoms with van der Waals surface area (Å²) in [6, 6.07) is 3.57. The van der Waals surface area contributed by atoms with Crippen LogP contribution in [-0.2, 0) is 6.42 Å². The number of carboxylic acid groups (broad SMARTS) is 1. The molecule has 1 aromatic carbocycles. The molecule has 0 atom stereocenters. The van der Waals surface area contributed by atoms with Gasteiger partial charge in [0.2, 0.25) is 0 Å². The molecule has 2 aromatic rings. The van der Waals surface area contributed by atoms with E-state index in [1.54, 1.807) is 0 Å². The fraction of sp³-hybridized carbons (Fsp3) is 0.231. The number of aliphatic hydroxyl groups is 1. The fourth-order valence-corrected chi connectivity index (χ4v) is 1.83. The Kier molecular flexibility index (Phi) is 4.09. The van der Waals surface area contributed by atoms with Crippen molar-refractivity contribution >= 4 is 5.97 Å². The van der Waals surface area contributed by atoms with E-state index < -0.39 is 17.6 Å². The summed E-state index contributed by atoms with van der Waals surface area (Å²) in [5.41, 5.74) is -0.0416. The van der Waals surface area contributed by atoms with Crippen LogP contribution in [0.3, 0.4) is 0 Å². The first-order valence-electron chi connectivity index (χ1n) is 5.91. The number of hydrogen-bond donors (Lipinski definition) is 2. The molecular weight excluding hydrogens is 270 g/mol. The summed E-state index contributed by atoms with van der Waals surface area (Å²) in [6.07, 6.45) is 1.98. The number of carbonyl (C=O) groups is 1. The van der Waals surface area contributed by atoms with Gasteiger partial charge < -0.3 is 10.2 Å². The van der Waals surface area contributed by atoms with Crippen molar-refractivity contribution in [3.05, 3.63) is 47.3 Å². The zero-order chi connectivity index (χ0) is 14.7. The molecule has 0 aliphatic carbocycles. The van der Waals surface area contributed by atoms with E-state index in [9.17, 15) is 13.6 Å². The quantitative estimate of drug-likeness (QED) is 0.876. The number of aromatic nitrogens is 2. The Morgan fingerprint density at radius 3 is 2.75 bits per heavy atom. The molecule has 0 spiro atoms. The van der Waals surface area contributed by atoms with Gasteiger partial charge in [0, 0.05) is 18.4 Å². The van der Waals surface area contributed by atoms with E-state index in [0.29, 0.717) is 12.0 Å². The molecule has 0 saturated carbocycles. The number of hydrogen-bond acceptors (Lipinski definition) is 3. The predicted octanol–water partition coefficient (Wildman–Crippen LogP) is 1.77. The third-order valence-corrected chi connectivity index (χ3v) is 2.77. The van der Waals surface area contributed by atoms with Crippen LogP contribution in [0.2, 0.25) is 0 Å². The Hall–Kier alpha value is -2.28. The molecule has 7 heteroatoms. The maximum Gasteiger partial charge on any atom is 0.356 e. The van der Waals surface area contributed by atoms with Crippen LogP contribution < -0.4 is 0 Å². The van der Waals surface area contributed by atoms with Gasteiger partial charge in [-0.3, -0.25) is 0 Å². The molecule has 0 fully saturated rings. The lowest BCUT2D eigenvalue weighted by atomic mass is 10.1. The minimum absolute atomic E-state index is 0.0986. The average molecular weight is 282 g/mol. The van der Waals surface area contributed by atoms with Crippen molar-refractivity contribution in [2.45, 2.75) is 12.8 Å². The van der Waals surface area contributed by atoms with Crippen LogP contribution in [0.4, 0.5) is 8.78 Å². The van der Waals surface area contributed by atoms with Crippen LogP contribution in [0.25, 0.3) is 5.69 Å². The van der Waals surface area contributed by atoms with E-state index in [-0.39, 0.29) is 24.4 Å². The zero-order valence-corrected chi connectivity index (χ0v) is 10.4. The van der Waals surface area contributed by atoms with Gasteiger partial charge in [0.15, 0.2) is 17.3 Å². The number of benzene rings is 1. The smallest absolute Gasteiger partial charge is 0.356 e. The maximum atomic E-state index is 13.7. The Labute approximate surface area is 113 Å². The number of aromatic carboxylic acids is 1. The van der Waals surface area contributed by atoms with E-state index in [2.05, 4.69) is 5.10 Å². The van der Waals surface area contributed by atoms with Crippen molar-refractivity contribution in [2.24, 2.45) is 0 Å². The van der Waals surface area contributed by atoms with E-state index in [4.69, 9.17) is 10.2 Å². The monoisotopic (exact) mass is 282 g/mol. The van der Waals surface area contributed by atoms with Gasteiger partial charge in [0.05, 0.1) is 0 Å². The van der Waals surface area contributed by atoms with Crippen molar-refractivity contribution in [1.82, 2.24) is 9.78 Å². The van der Waals surface area contributed by atoms with Crippen molar-refractivity contribution < 1.29 is 23.8 Å². The van der Waals surface area contributed by atoms with E-state index in [0.717, 1.165) is 10.7 Å². The van der Waals surface area contributed by atoms with Crippen molar-refractivity contribution in [1.29, 1.82) is 0 Å². The number of aryl methyl sites for hydroxylation is 1. The van der Waals surface area contributed by atoms with E-state index >= 15 is 0 Å². The molecule has 20 heavy (non-hydrogen) atoms. The summed E-state index contributed by atoms with van der Waals surface area (Å²) in [5, 5.41) is 21.6. The summed E-state index contributed by atoms with van der Waals surface area (Å²) in [7, 11) is 0. The molecular formula is C13H12F2N2O3. The second-order valence-electron chi connectivity index (χ2n) is 4.15. The summed E-state index contributed by atoms with van der Waals surface area (Å²) in [4.78, 5) is 11.1. The minimum atomic E-state index is -1.26. The second-order valence-corrected chi connectivity index (χ2v) is 4.15. The van der Waals surface area contributed by atoms with Gasteiger partial charge >= 0.3 is 5.97 Å². The van der Waals surface area contributed by atoms with E-state index in [1.807, 2.05) is 0 Å². The number of rotatable bonds is 5. The van der Waals surface area contributed by atoms with Crippen molar-refractivity contribution in [3.8, 4) is 5.69 Å². The molecule has 106 valence electrons. The molecule has 0 bridgehead atoms. The molecule has 1 aromatic heterocycles. The molecule has 0 unspecified atom stereocenters. The average Bonchev–Trinajstić information content (AvgIpc) is 2.83. The first kappa shape index (κ1) is 14.1. The molecule has 5 nitrogen and oxygen atoms in total. The molecule has 2 rings (SSSR count). The third-order valence-electron chi connectivity index (χ3n) is 2.77. The normalized spacial score (nSPS) is 10.8.